The number of hydrogen-bond acceptors (Lipinski definition) is 6. The second-order valence-corrected chi connectivity index (χ2v) is 5.94. The van der Waals surface area contributed by atoms with Gasteiger partial charge in [0.25, 0.3) is 0 Å². The molecule has 1 amide bonds. The maximum absolute atomic E-state index is 13.1. The lowest BCUT2D eigenvalue weighted by molar-refractivity contribution is -0.140. The molecule has 0 aromatic heterocycles. The zero-order chi connectivity index (χ0) is 21.6. The molecule has 0 fully saturated rings. The van der Waals surface area contributed by atoms with Gasteiger partial charge in [0, 0.05) is 18.6 Å². The zero-order valence-electron chi connectivity index (χ0n) is 16.0. The Morgan fingerprint density at radius 3 is 2.14 bits per heavy atom. The van der Waals surface area contributed by atoms with Crippen molar-refractivity contribution in [3.63, 3.8) is 0 Å². The molecule has 154 valence electrons. The molecule has 2 aromatic rings. The molecule has 0 saturated carbocycles. The average molecular weight is 405 g/mol. The van der Waals surface area contributed by atoms with E-state index in [-0.39, 0.29) is 28.3 Å². The molecular formula is C20H20FNO7. The van der Waals surface area contributed by atoms with Gasteiger partial charge in [-0.15, -0.1) is 0 Å². The molecule has 8 nitrogen and oxygen atoms in total. The van der Waals surface area contributed by atoms with Crippen molar-refractivity contribution in [1.29, 1.82) is 0 Å². The van der Waals surface area contributed by atoms with Crippen molar-refractivity contribution in [2.24, 2.45) is 0 Å². The lowest BCUT2D eigenvalue weighted by Crippen LogP contribution is -2.22. The molecule has 2 aromatic carbocycles. The maximum Gasteiger partial charge on any atom is 0.340 e. The summed E-state index contributed by atoms with van der Waals surface area (Å²) in [4.78, 5) is 36.2. The summed E-state index contributed by atoms with van der Waals surface area (Å²) in [5.41, 5.74) is 0.351. The zero-order valence-corrected chi connectivity index (χ0v) is 16.0. The van der Waals surface area contributed by atoms with Crippen molar-refractivity contribution in [1.82, 2.24) is 0 Å². The number of rotatable bonds is 8. The second-order valence-electron chi connectivity index (χ2n) is 5.94. The third kappa shape index (κ3) is 5.22. The normalized spacial score (nSPS) is 11.3. The second kappa shape index (κ2) is 9.54. The first-order valence-electron chi connectivity index (χ1n) is 8.43. The van der Waals surface area contributed by atoms with Gasteiger partial charge in [-0.1, -0.05) is 12.1 Å². The summed E-state index contributed by atoms with van der Waals surface area (Å²) < 4.78 is 28.1. The standard InChI is InChI=1S/C20H20FNO7/c1-27-16-8-14(20(26)29-3)15(10-17(16)28-2)22-18(23)9-13(19(24)25)11-4-6-12(21)7-5-11/h4-8,10,13H,9H2,1-3H3,(H,22,23)(H,24,25)/t13-/m1/s1. The third-order valence-corrected chi connectivity index (χ3v) is 4.16. The fourth-order valence-corrected chi connectivity index (χ4v) is 2.69. The summed E-state index contributed by atoms with van der Waals surface area (Å²) >= 11 is 0. The molecule has 0 radical (unpaired) electrons. The van der Waals surface area contributed by atoms with Gasteiger partial charge < -0.3 is 24.6 Å². The van der Waals surface area contributed by atoms with E-state index in [4.69, 9.17) is 14.2 Å². The van der Waals surface area contributed by atoms with Crippen LogP contribution in [0.2, 0.25) is 0 Å². The van der Waals surface area contributed by atoms with Crippen LogP contribution in [-0.2, 0) is 14.3 Å². The highest BCUT2D eigenvalue weighted by molar-refractivity contribution is 6.03. The van der Waals surface area contributed by atoms with Gasteiger partial charge in [0.05, 0.1) is 38.5 Å². The van der Waals surface area contributed by atoms with Gasteiger partial charge in [-0.25, -0.2) is 9.18 Å². The summed E-state index contributed by atoms with van der Waals surface area (Å²) in [6.07, 6.45) is -0.435. The number of esters is 1. The number of hydrogen-bond donors (Lipinski definition) is 2. The molecule has 2 rings (SSSR count). The van der Waals surface area contributed by atoms with E-state index < -0.39 is 36.0 Å². The first-order valence-corrected chi connectivity index (χ1v) is 8.43. The number of halogens is 1. The molecule has 0 aliphatic heterocycles. The monoisotopic (exact) mass is 405 g/mol. The molecule has 0 aliphatic carbocycles. The van der Waals surface area contributed by atoms with E-state index >= 15 is 0 Å². The Kier molecular flexibility index (Phi) is 7.13. The van der Waals surface area contributed by atoms with Gasteiger partial charge in [-0.2, -0.15) is 0 Å². The van der Waals surface area contributed by atoms with E-state index in [9.17, 15) is 23.9 Å². The average Bonchev–Trinajstić information content (AvgIpc) is 2.71. The first kappa shape index (κ1) is 21.7. The fourth-order valence-electron chi connectivity index (χ4n) is 2.69. The highest BCUT2D eigenvalue weighted by Crippen LogP contribution is 2.34. The largest absolute Gasteiger partial charge is 0.493 e. The van der Waals surface area contributed by atoms with E-state index in [2.05, 4.69) is 5.32 Å². The number of methoxy groups -OCH3 is 3. The molecule has 29 heavy (non-hydrogen) atoms. The Morgan fingerprint density at radius 1 is 1.03 bits per heavy atom. The van der Waals surface area contributed by atoms with Gasteiger partial charge in [0.15, 0.2) is 11.5 Å². The van der Waals surface area contributed by atoms with Crippen molar-refractivity contribution >= 4 is 23.5 Å². The van der Waals surface area contributed by atoms with E-state index in [1.54, 1.807) is 0 Å². The van der Waals surface area contributed by atoms with Crippen LogP contribution < -0.4 is 14.8 Å². The lowest BCUT2D eigenvalue weighted by Gasteiger charge is -2.16. The summed E-state index contributed by atoms with van der Waals surface area (Å²) in [7, 11) is 3.95. The van der Waals surface area contributed by atoms with Crippen LogP contribution in [-0.4, -0.2) is 44.3 Å². The summed E-state index contributed by atoms with van der Waals surface area (Å²) in [5, 5.41) is 12.0. The van der Waals surface area contributed by atoms with Gasteiger partial charge in [-0.3, -0.25) is 9.59 Å². The number of amides is 1. The van der Waals surface area contributed by atoms with E-state index in [0.29, 0.717) is 0 Å². The van der Waals surface area contributed by atoms with Crippen molar-refractivity contribution in [2.75, 3.05) is 26.6 Å². The quantitative estimate of drug-likeness (QED) is 0.650. The van der Waals surface area contributed by atoms with Gasteiger partial charge in [0.2, 0.25) is 5.91 Å². The number of nitrogens with one attached hydrogen (secondary N) is 1. The maximum atomic E-state index is 13.1. The number of aliphatic carboxylic acids is 1. The number of ether oxygens (including phenoxy) is 3. The molecule has 0 heterocycles. The highest BCUT2D eigenvalue weighted by atomic mass is 19.1. The third-order valence-electron chi connectivity index (χ3n) is 4.16. The number of carbonyl (C=O) groups excluding carboxylic acids is 2. The Balaban J connectivity index is 2.31. The van der Waals surface area contributed by atoms with Gasteiger partial charge in [0.1, 0.15) is 5.82 Å². The molecule has 0 unspecified atom stereocenters. The molecule has 0 spiro atoms. The molecule has 1 atom stereocenters. The molecule has 0 saturated heterocycles. The number of anilines is 1. The number of carbonyl (C=O) groups is 3. The molecule has 0 bridgehead atoms. The van der Waals surface area contributed by atoms with Crippen LogP contribution in [0, 0.1) is 5.82 Å². The van der Waals surface area contributed by atoms with E-state index in [1.165, 1.54) is 45.6 Å². The predicted octanol–water partition coefficient (Wildman–Crippen LogP) is 2.83. The first-order chi connectivity index (χ1) is 13.8. The Morgan fingerprint density at radius 2 is 1.62 bits per heavy atom. The van der Waals surface area contributed by atoms with Crippen LogP contribution in [0.25, 0.3) is 0 Å². The minimum atomic E-state index is -1.24. The smallest absolute Gasteiger partial charge is 0.340 e. The molecule has 9 heteroatoms. The van der Waals surface area contributed by atoms with Gasteiger partial charge in [-0.05, 0) is 17.7 Å². The SMILES string of the molecule is COC(=O)c1cc(OC)c(OC)cc1NC(=O)C[C@@H](C(=O)O)c1ccc(F)cc1. The predicted molar refractivity (Wildman–Crippen MR) is 101 cm³/mol. The Bertz CT molecular complexity index is 912. The summed E-state index contributed by atoms with van der Waals surface area (Å²) in [5.74, 6) is -3.85. The van der Waals surface area contributed by atoms with Crippen molar-refractivity contribution in [3.05, 3.63) is 53.3 Å². The summed E-state index contributed by atoms with van der Waals surface area (Å²) in [6, 6.07) is 7.56. The van der Waals surface area contributed by atoms with Gasteiger partial charge >= 0.3 is 11.9 Å². The van der Waals surface area contributed by atoms with Crippen LogP contribution >= 0.6 is 0 Å². The minimum Gasteiger partial charge on any atom is -0.493 e. The number of benzene rings is 2. The fraction of sp³-hybridized carbons (Fsp3) is 0.250. The molecule has 2 N–H and O–H groups in total. The highest BCUT2D eigenvalue weighted by Gasteiger charge is 2.25. The van der Waals surface area contributed by atoms with E-state index in [0.717, 1.165) is 12.1 Å². The van der Waals surface area contributed by atoms with E-state index in [1.807, 2.05) is 0 Å². The van der Waals surface area contributed by atoms with Crippen molar-refractivity contribution < 1.29 is 38.1 Å². The summed E-state index contributed by atoms with van der Waals surface area (Å²) in [6.45, 7) is 0. The van der Waals surface area contributed by atoms with Crippen LogP contribution in [0.3, 0.4) is 0 Å². The van der Waals surface area contributed by atoms with Crippen LogP contribution in [0.4, 0.5) is 10.1 Å². The molecule has 0 aliphatic rings. The van der Waals surface area contributed by atoms with Crippen molar-refractivity contribution in [3.8, 4) is 11.5 Å². The van der Waals surface area contributed by atoms with Crippen molar-refractivity contribution in [2.45, 2.75) is 12.3 Å². The van der Waals surface area contributed by atoms with Crippen LogP contribution in [0.15, 0.2) is 36.4 Å². The minimum absolute atomic E-state index is 0.00663. The Labute approximate surface area is 166 Å². The lowest BCUT2D eigenvalue weighted by atomic mass is 9.95. The Hall–Kier alpha value is -3.62. The topological polar surface area (TPSA) is 111 Å². The number of carboxylic acid groups (broad SMARTS) is 1. The van der Waals surface area contributed by atoms with Crippen LogP contribution in [0.1, 0.15) is 28.3 Å². The number of carboxylic acids is 1. The molecular weight excluding hydrogens is 385 g/mol. The van der Waals surface area contributed by atoms with Crippen LogP contribution in [0.5, 0.6) is 11.5 Å².